The number of ether oxygens (including phenoxy) is 1. The standard InChI is InChI=1S/C12H19N3O/c1-10-3-4-11(12(14-10)16-2)9-15-7-5-13-6-8-15/h3-4,13H,5-9H2,1-2H3. The van der Waals surface area contributed by atoms with E-state index in [0.29, 0.717) is 0 Å². The summed E-state index contributed by atoms with van der Waals surface area (Å²) in [6.07, 6.45) is 0. The van der Waals surface area contributed by atoms with Gasteiger partial charge >= 0.3 is 0 Å². The normalized spacial score (nSPS) is 17.4. The number of hydrogen-bond donors (Lipinski definition) is 1. The van der Waals surface area contributed by atoms with Gasteiger partial charge in [0.05, 0.1) is 7.11 Å². The van der Waals surface area contributed by atoms with Crippen LogP contribution in [-0.2, 0) is 6.54 Å². The number of piperazine rings is 1. The number of rotatable bonds is 3. The summed E-state index contributed by atoms with van der Waals surface area (Å²) in [5.41, 5.74) is 2.18. The molecule has 1 aliphatic rings. The second kappa shape index (κ2) is 5.27. The molecule has 0 spiro atoms. The maximum absolute atomic E-state index is 5.31. The van der Waals surface area contributed by atoms with E-state index in [-0.39, 0.29) is 0 Å². The molecule has 0 radical (unpaired) electrons. The van der Waals surface area contributed by atoms with Gasteiger partial charge in [0.2, 0.25) is 5.88 Å². The minimum Gasteiger partial charge on any atom is -0.481 e. The first-order valence-corrected chi connectivity index (χ1v) is 5.73. The van der Waals surface area contributed by atoms with Crippen LogP contribution in [0.5, 0.6) is 5.88 Å². The van der Waals surface area contributed by atoms with Crippen LogP contribution in [0.2, 0.25) is 0 Å². The second-order valence-corrected chi connectivity index (χ2v) is 4.15. The molecular formula is C12H19N3O. The molecule has 1 aromatic heterocycles. The molecule has 0 saturated carbocycles. The quantitative estimate of drug-likeness (QED) is 0.819. The Morgan fingerprint density at radius 3 is 2.81 bits per heavy atom. The molecule has 4 nitrogen and oxygen atoms in total. The third-order valence-electron chi connectivity index (χ3n) is 2.88. The SMILES string of the molecule is COc1nc(C)ccc1CN1CCNCC1. The Hall–Kier alpha value is -1.13. The smallest absolute Gasteiger partial charge is 0.217 e. The summed E-state index contributed by atoms with van der Waals surface area (Å²) in [5.74, 6) is 0.763. The molecule has 2 rings (SSSR count). The molecule has 1 fully saturated rings. The van der Waals surface area contributed by atoms with E-state index in [2.05, 4.69) is 21.3 Å². The molecule has 16 heavy (non-hydrogen) atoms. The van der Waals surface area contributed by atoms with Crippen LogP contribution in [0, 0.1) is 6.92 Å². The van der Waals surface area contributed by atoms with Gasteiger partial charge in [-0.3, -0.25) is 4.90 Å². The Balaban J connectivity index is 2.07. The van der Waals surface area contributed by atoms with Crippen molar-refractivity contribution >= 4 is 0 Å². The highest BCUT2D eigenvalue weighted by molar-refractivity contribution is 5.27. The fourth-order valence-corrected chi connectivity index (χ4v) is 1.97. The van der Waals surface area contributed by atoms with E-state index < -0.39 is 0 Å². The molecule has 1 aromatic rings. The fraction of sp³-hybridized carbons (Fsp3) is 0.583. The number of hydrogen-bond acceptors (Lipinski definition) is 4. The van der Waals surface area contributed by atoms with Crippen LogP contribution in [-0.4, -0.2) is 43.2 Å². The summed E-state index contributed by atoms with van der Waals surface area (Å²) in [4.78, 5) is 6.81. The van der Waals surface area contributed by atoms with Crippen LogP contribution in [0.15, 0.2) is 12.1 Å². The average Bonchev–Trinajstić information content (AvgIpc) is 2.33. The summed E-state index contributed by atoms with van der Waals surface area (Å²) in [5, 5.41) is 3.35. The molecule has 0 aliphatic carbocycles. The minimum absolute atomic E-state index is 0.763. The van der Waals surface area contributed by atoms with E-state index in [1.165, 1.54) is 5.56 Å². The number of pyridine rings is 1. The number of aromatic nitrogens is 1. The molecule has 1 saturated heterocycles. The van der Waals surface area contributed by atoms with Crippen LogP contribution >= 0.6 is 0 Å². The number of aryl methyl sites for hydroxylation is 1. The van der Waals surface area contributed by atoms with Crippen molar-refractivity contribution in [2.45, 2.75) is 13.5 Å². The van der Waals surface area contributed by atoms with E-state index in [9.17, 15) is 0 Å². The largest absolute Gasteiger partial charge is 0.481 e. The highest BCUT2D eigenvalue weighted by Crippen LogP contribution is 2.17. The second-order valence-electron chi connectivity index (χ2n) is 4.15. The first-order chi connectivity index (χ1) is 7.79. The minimum atomic E-state index is 0.763. The van der Waals surface area contributed by atoms with E-state index in [0.717, 1.165) is 44.3 Å². The Morgan fingerprint density at radius 1 is 1.38 bits per heavy atom. The molecule has 0 unspecified atom stereocenters. The van der Waals surface area contributed by atoms with Gasteiger partial charge < -0.3 is 10.1 Å². The zero-order valence-electron chi connectivity index (χ0n) is 9.99. The molecule has 1 N–H and O–H groups in total. The van der Waals surface area contributed by atoms with Crippen molar-refractivity contribution in [3.05, 3.63) is 23.4 Å². The zero-order valence-corrected chi connectivity index (χ0v) is 9.99. The Morgan fingerprint density at radius 2 is 2.12 bits per heavy atom. The van der Waals surface area contributed by atoms with E-state index in [1.54, 1.807) is 7.11 Å². The van der Waals surface area contributed by atoms with Gasteiger partial charge in [0.15, 0.2) is 0 Å². The molecule has 0 amide bonds. The molecule has 2 heterocycles. The van der Waals surface area contributed by atoms with Crippen molar-refractivity contribution in [2.75, 3.05) is 33.3 Å². The maximum atomic E-state index is 5.31. The molecule has 1 aliphatic heterocycles. The van der Waals surface area contributed by atoms with Crippen LogP contribution in [0.25, 0.3) is 0 Å². The molecule has 0 aromatic carbocycles. The molecule has 4 heteroatoms. The van der Waals surface area contributed by atoms with Crippen molar-refractivity contribution in [3.8, 4) is 5.88 Å². The summed E-state index contributed by atoms with van der Waals surface area (Å²) >= 11 is 0. The van der Waals surface area contributed by atoms with Crippen LogP contribution < -0.4 is 10.1 Å². The van der Waals surface area contributed by atoms with Crippen molar-refractivity contribution in [3.63, 3.8) is 0 Å². The van der Waals surface area contributed by atoms with Gasteiger partial charge in [0.25, 0.3) is 0 Å². The highest BCUT2D eigenvalue weighted by Gasteiger charge is 2.13. The highest BCUT2D eigenvalue weighted by atomic mass is 16.5. The van der Waals surface area contributed by atoms with E-state index >= 15 is 0 Å². The van der Waals surface area contributed by atoms with Gasteiger partial charge in [-0.15, -0.1) is 0 Å². The Kier molecular flexibility index (Phi) is 3.74. The van der Waals surface area contributed by atoms with Gasteiger partial charge in [0, 0.05) is 44.0 Å². The van der Waals surface area contributed by atoms with Crippen LogP contribution in [0.3, 0.4) is 0 Å². The topological polar surface area (TPSA) is 37.4 Å². The van der Waals surface area contributed by atoms with Crippen molar-refractivity contribution < 1.29 is 4.74 Å². The van der Waals surface area contributed by atoms with Gasteiger partial charge in [-0.25, -0.2) is 4.98 Å². The number of nitrogens with one attached hydrogen (secondary N) is 1. The monoisotopic (exact) mass is 221 g/mol. The third-order valence-corrected chi connectivity index (χ3v) is 2.88. The molecule has 0 bridgehead atoms. The first-order valence-electron chi connectivity index (χ1n) is 5.73. The first kappa shape index (κ1) is 11.4. The molecule has 88 valence electrons. The number of methoxy groups -OCH3 is 1. The predicted molar refractivity (Wildman–Crippen MR) is 63.7 cm³/mol. The summed E-state index contributed by atoms with van der Waals surface area (Å²) in [6, 6.07) is 4.16. The van der Waals surface area contributed by atoms with Crippen LogP contribution in [0.1, 0.15) is 11.3 Å². The van der Waals surface area contributed by atoms with Crippen LogP contribution in [0.4, 0.5) is 0 Å². The van der Waals surface area contributed by atoms with Gasteiger partial charge in [-0.1, -0.05) is 6.07 Å². The van der Waals surface area contributed by atoms with Gasteiger partial charge in [-0.2, -0.15) is 0 Å². The van der Waals surface area contributed by atoms with Gasteiger partial charge in [-0.05, 0) is 13.0 Å². The summed E-state index contributed by atoms with van der Waals surface area (Å²) < 4.78 is 5.31. The predicted octanol–water partition coefficient (Wildman–Crippen LogP) is 0.804. The molecular weight excluding hydrogens is 202 g/mol. The number of nitrogens with zero attached hydrogens (tertiary/aromatic N) is 2. The zero-order chi connectivity index (χ0) is 11.4. The maximum Gasteiger partial charge on any atom is 0.217 e. The fourth-order valence-electron chi connectivity index (χ4n) is 1.97. The lowest BCUT2D eigenvalue weighted by molar-refractivity contribution is 0.229. The van der Waals surface area contributed by atoms with E-state index in [1.807, 2.05) is 13.0 Å². The van der Waals surface area contributed by atoms with Crippen molar-refractivity contribution in [2.24, 2.45) is 0 Å². The van der Waals surface area contributed by atoms with Crippen molar-refractivity contribution in [1.29, 1.82) is 0 Å². The van der Waals surface area contributed by atoms with E-state index in [4.69, 9.17) is 4.74 Å². The van der Waals surface area contributed by atoms with Gasteiger partial charge in [0.1, 0.15) is 0 Å². The van der Waals surface area contributed by atoms with Crippen molar-refractivity contribution in [1.82, 2.24) is 15.2 Å². The Bertz CT molecular complexity index is 348. The lowest BCUT2D eigenvalue weighted by Crippen LogP contribution is -2.42. The summed E-state index contributed by atoms with van der Waals surface area (Å²) in [7, 11) is 1.68. The molecule has 0 atom stereocenters. The Labute approximate surface area is 96.6 Å². The average molecular weight is 221 g/mol. The third kappa shape index (κ3) is 2.71. The lowest BCUT2D eigenvalue weighted by Gasteiger charge is -2.27. The lowest BCUT2D eigenvalue weighted by atomic mass is 10.2. The summed E-state index contributed by atoms with van der Waals surface area (Å²) in [6.45, 7) is 7.24.